The van der Waals surface area contributed by atoms with Crippen LogP contribution in [0.2, 0.25) is 0 Å². The number of hydrogen-bond donors (Lipinski definition) is 1. The van der Waals surface area contributed by atoms with Gasteiger partial charge in [0.15, 0.2) is 0 Å². The Morgan fingerprint density at radius 3 is 2.36 bits per heavy atom. The molecule has 0 unspecified atom stereocenters. The third-order valence-corrected chi connectivity index (χ3v) is 5.70. The fourth-order valence-electron chi connectivity index (χ4n) is 3.65. The molecule has 33 heavy (non-hydrogen) atoms. The molecule has 0 saturated carbocycles. The van der Waals surface area contributed by atoms with Gasteiger partial charge in [0.05, 0.1) is 38.1 Å². The van der Waals surface area contributed by atoms with Crippen molar-refractivity contribution in [3.63, 3.8) is 0 Å². The minimum absolute atomic E-state index is 0.0139. The lowest BCUT2D eigenvalue weighted by atomic mass is 9.94. The third-order valence-electron chi connectivity index (χ3n) is 5.70. The van der Waals surface area contributed by atoms with Crippen molar-refractivity contribution in [2.45, 2.75) is 26.8 Å². The normalized spacial score (nSPS) is 15.8. The van der Waals surface area contributed by atoms with Crippen LogP contribution in [0.25, 0.3) is 0 Å². The van der Waals surface area contributed by atoms with Crippen LogP contribution in [0, 0.1) is 13.8 Å². The van der Waals surface area contributed by atoms with Crippen LogP contribution in [-0.2, 0) is 9.53 Å². The van der Waals surface area contributed by atoms with Gasteiger partial charge in [-0.2, -0.15) is 0 Å². The summed E-state index contributed by atoms with van der Waals surface area (Å²) >= 11 is 0. The second-order valence-corrected chi connectivity index (χ2v) is 7.66. The van der Waals surface area contributed by atoms with Crippen molar-refractivity contribution < 1.29 is 28.5 Å². The molecule has 0 saturated heterocycles. The second kappa shape index (κ2) is 10.3. The number of esters is 1. The molecule has 2 amide bonds. The molecular weight excluding hydrogens is 424 g/mol. The van der Waals surface area contributed by atoms with E-state index in [0.717, 1.165) is 11.1 Å². The smallest absolute Gasteiger partial charge is 0.338 e. The summed E-state index contributed by atoms with van der Waals surface area (Å²) in [6.45, 7) is 5.91. The van der Waals surface area contributed by atoms with E-state index in [9.17, 15) is 9.59 Å². The Balaban J connectivity index is 2.11. The van der Waals surface area contributed by atoms with E-state index in [1.54, 1.807) is 32.2 Å². The molecule has 1 aliphatic rings. The van der Waals surface area contributed by atoms with Crippen molar-refractivity contribution >= 4 is 12.0 Å². The highest BCUT2D eigenvalue weighted by atomic mass is 16.5. The van der Waals surface area contributed by atoms with Gasteiger partial charge in [-0.1, -0.05) is 12.1 Å². The highest BCUT2D eigenvalue weighted by Gasteiger charge is 2.37. The van der Waals surface area contributed by atoms with Gasteiger partial charge in [0, 0.05) is 13.1 Å². The lowest BCUT2D eigenvalue weighted by Gasteiger charge is -2.34. The SMILES string of the molecule is CCOC(=O)C1=C(COc2cccc(C)c2C)N(C)C(=O)N[C@@H]1c1cc(OC)cc(OC)c1. The summed E-state index contributed by atoms with van der Waals surface area (Å²) in [4.78, 5) is 27.4. The first-order valence-corrected chi connectivity index (χ1v) is 10.7. The van der Waals surface area contributed by atoms with Gasteiger partial charge in [0.25, 0.3) is 0 Å². The predicted molar refractivity (Wildman–Crippen MR) is 124 cm³/mol. The van der Waals surface area contributed by atoms with Gasteiger partial charge in [-0.3, -0.25) is 4.90 Å². The highest BCUT2D eigenvalue weighted by Crippen LogP contribution is 2.35. The van der Waals surface area contributed by atoms with Gasteiger partial charge in [0.2, 0.25) is 0 Å². The molecule has 8 heteroatoms. The van der Waals surface area contributed by atoms with Gasteiger partial charge in [-0.05, 0) is 55.7 Å². The Hall–Kier alpha value is -3.68. The Labute approximate surface area is 194 Å². The monoisotopic (exact) mass is 454 g/mol. The van der Waals surface area contributed by atoms with Gasteiger partial charge < -0.3 is 24.3 Å². The van der Waals surface area contributed by atoms with Gasteiger partial charge in [-0.15, -0.1) is 0 Å². The number of rotatable bonds is 8. The maximum Gasteiger partial charge on any atom is 0.338 e. The summed E-state index contributed by atoms with van der Waals surface area (Å²) in [6.07, 6.45) is 0. The maximum atomic E-state index is 13.1. The van der Waals surface area contributed by atoms with Crippen molar-refractivity contribution in [1.82, 2.24) is 10.2 Å². The number of nitrogens with one attached hydrogen (secondary N) is 1. The molecule has 0 aromatic heterocycles. The van der Waals surface area contributed by atoms with Gasteiger partial charge in [-0.25, -0.2) is 9.59 Å². The molecule has 1 aliphatic heterocycles. The quantitative estimate of drug-likeness (QED) is 0.609. The van der Waals surface area contributed by atoms with E-state index in [1.165, 1.54) is 19.1 Å². The minimum atomic E-state index is -0.769. The number of hydrogen-bond acceptors (Lipinski definition) is 6. The first-order chi connectivity index (χ1) is 15.8. The number of benzene rings is 2. The summed E-state index contributed by atoms with van der Waals surface area (Å²) in [7, 11) is 4.67. The van der Waals surface area contributed by atoms with Crippen LogP contribution >= 0.6 is 0 Å². The van der Waals surface area contributed by atoms with Crippen LogP contribution in [0.1, 0.15) is 29.7 Å². The molecule has 8 nitrogen and oxygen atoms in total. The van der Waals surface area contributed by atoms with Crippen molar-refractivity contribution in [3.05, 3.63) is 64.4 Å². The number of carbonyl (C=O) groups excluding carboxylic acids is 2. The van der Waals surface area contributed by atoms with Crippen LogP contribution in [0.15, 0.2) is 47.7 Å². The largest absolute Gasteiger partial charge is 0.497 e. The molecular formula is C25H30N2O6. The molecule has 3 rings (SSSR count). The number of likely N-dealkylation sites (N-methyl/N-ethyl adjacent to an activating group) is 1. The van der Waals surface area contributed by atoms with Crippen LogP contribution in [0.5, 0.6) is 17.2 Å². The fourth-order valence-corrected chi connectivity index (χ4v) is 3.65. The van der Waals surface area contributed by atoms with Crippen LogP contribution in [0.4, 0.5) is 4.79 Å². The summed E-state index contributed by atoms with van der Waals surface area (Å²) in [5.74, 6) is 1.23. The second-order valence-electron chi connectivity index (χ2n) is 7.66. The number of aryl methyl sites for hydroxylation is 1. The molecule has 2 aromatic carbocycles. The summed E-state index contributed by atoms with van der Waals surface area (Å²) in [6, 6.07) is 9.85. The van der Waals surface area contributed by atoms with E-state index < -0.39 is 12.0 Å². The molecule has 0 fully saturated rings. The Morgan fingerprint density at radius 2 is 1.76 bits per heavy atom. The van der Waals surface area contributed by atoms with Crippen molar-refractivity contribution in [1.29, 1.82) is 0 Å². The number of nitrogens with zero attached hydrogens (tertiary/aromatic N) is 1. The van der Waals surface area contributed by atoms with Gasteiger partial charge >= 0.3 is 12.0 Å². The molecule has 1 atom stereocenters. The molecule has 0 spiro atoms. The lowest BCUT2D eigenvalue weighted by Crippen LogP contribution is -2.48. The zero-order chi connectivity index (χ0) is 24.1. The summed E-state index contributed by atoms with van der Waals surface area (Å²) < 4.78 is 22.2. The van der Waals surface area contributed by atoms with Crippen LogP contribution < -0.4 is 19.5 Å². The average Bonchev–Trinajstić information content (AvgIpc) is 2.81. The topological polar surface area (TPSA) is 86.3 Å². The molecule has 0 aliphatic carbocycles. The first-order valence-electron chi connectivity index (χ1n) is 10.7. The average molecular weight is 455 g/mol. The van der Waals surface area contributed by atoms with Gasteiger partial charge in [0.1, 0.15) is 23.9 Å². The zero-order valence-corrected chi connectivity index (χ0v) is 19.9. The summed E-state index contributed by atoms with van der Waals surface area (Å²) in [5, 5.41) is 2.88. The molecule has 0 bridgehead atoms. The number of ether oxygens (including phenoxy) is 4. The number of carbonyl (C=O) groups is 2. The Kier molecular flexibility index (Phi) is 7.48. The van der Waals surface area contributed by atoms with E-state index in [-0.39, 0.29) is 19.2 Å². The molecule has 176 valence electrons. The Bertz CT molecular complexity index is 1060. The lowest BCUT2D eigenvalue weighted by molar-refractivity contribution is -0.139. The molecule has 1 heterocycles. The molecule has 2 aromatic rings. The van der Waals surface area contributed by atoms with E-state index in [4.69, 9.17) is 18.9 Å². The van der Waals surface area contributed by atoms with Crippen LogP contribution in [-0.4, -0.2) is 51.4 Å². The Morgan fingerprint density at radius 1 is 1.09 bits per heavy atom. The zero-order valence-electron chi connectivity index (χ0n) is 19.9. The van der Waals surface area contributed by atoms with Crippen molar-refractivity contribution in [2.75, 3.05) is 34.5 Å². The van der Waals surface area contributed by atoms with E-state index in [1.807, 2.05) is 32.0 Å². The van der Waals surface area contributed by atoms with E-state index in [2.05, 4.69) is 5.32 Å². The third kappa shape index (κ3) is 5.05. The highest BCUT2D eigenvalue weighted by molar-refractivity contribution is 5.95. The number of urea groups is 1. The number of amides is 2. The predicted octanol–water partition coefficient (Wildman–Crippen LogP) is 3.91. The van der Waals surface area contributed by atoms with Crippen molar-refractivity contribution in [2.24, 2.45) is 0 Å². The van der Waals surface area contributed by atoms with Crippen molar-refractivity contribution in [3.8, 4) is 17.2 Å². The molecule has 1 N–H and O–H groups in total. The fraction of sp³-hybridized carbons (Fsp3) is 0.360. The van der Waals surface area contributed by atoms with E-state index >= 15 is 0 Å². The standard InChI is InChI=1S/C25H30N2O6/c1-7-32-24(28)22-20(14-33-21-10-8-9-15(2)16(21)3)27(4)25(29)26-23(22)17-11-18(30-5)13-19(12-17)31-6/h8-13,23H,7,14H2,1-6H3,(H,26,29)/t23-/m1/s1. The number of methoxy groups -OCH3 is 2. The minimum Gasteiger partial charge on any atom is -0.497 e. The van der Waals surface area contributed by atoms with E-state index in [0.29, 0.717) is 34.1 Å². The van der Waals surface area contributed by atoms with Crippen LogP contribution in [0.3, 0.4) is 0 Å². The maximum absolute atomic E-state index is 13.1. The summed E-state index contributed by atoms with van der Waals surface area (Å²) in [5.41, 5.74) is 3.42. The first kappa shape index (κ1) is 24.0. The molecule has 0 radical (unpaired) electrons.